The largest absolute Gasteiger partial charge is 0.0622 e. The molecule has 4 bridgehead atoms. The van der Waals surface area contributed by atoms with Gasteiger partial charge in [0.05, 0.1) is 0 Å². The molecule has 0 saturated heterocycles. The first-order chi connectivity index (χ1) is 29.7. The molecule has 8 aromatic rings. The Morgan fingerprint density at radius 2 is 0.933 bits per heavy atom. The molecule has 6 aliphatic rings. The van der Waals surface area contributed by atoms with Crippen molar-refractivity contribution in [3.63, 3.8) is 0 Å². The van der Waals surface area contributed by atoms with Crippen molar-refractivity contribution in [2.75, 3.05) is 0 Å². The lowest BCUT2D eigenvalue weighted by Crippen LogP contribution is -2.55. The molecule has 2 unspecified atom stereocenters. The Balaban J connectivity index is 0.914. The molecule has 60 heavy (non-hydrogen) atoms. The third-order valence-corrected chi connectivity index (χ3v) is 15.9. The van der Waals surface area contributed by atoms with Gasteiger partial charge in [-0.2, -0.15) is 0 Å². The Bertz CT molecular complexity index is 2910. The van der Waals surface area contributed by atoms with Crippen LogP contribution in [0, 0.1) is 23.7 Å². The van der Waals surface area contributed by atoms with Gasteiger partial charge in [0.2, 0.25) is 0 Å². The summed E-state index contributed by atoms with van der Waals surface area (Å²) >= 11 is 0. The van der Waals surface area contributed by atoms with Gasteiger partial charge in [0, 0.05) is 17.3 Å². The monoisotopic (exact) mass is 768 g/mol. The Morgan fingerprint density at radius 1 is 0.383 bits per heavy atom. The third-order valence-electron chi connectivity index (χ3n) is 15.9. The van der Waals surface area contributed by atoms with Crippen LogP contribution < -0.4 is 0 Å². The Hall–Kier alpha value is -6.24. The average molecular weight is 769 g/mol. The van der Waals surface area contributed by atoms with E-state index in [1.807, 2.05) is 0 Å². The van der Waals surface area contributed by atoms with Crippen LogP contribution in [-0.2, 0) is 5.41 Å². The van der Waals surface area contributed by atoms with E-state index >= 15 is 0 Å². The summed E-state index contributed by atoms with van der Waals surface area (Å²) in [6.07, 6.45) is 7.10. The van der Waals surface area contributed by atoms with E-state index in [2.05, 4.69) is 194 Å². The molecule has 1 spiro atoms. The maximum absolute atomic E-state index is 2.65. The van der Waals surface area contributed by atoms with E-state index in [4.69, 9.17) is 0 Å². The van der Waals surface area contributed by atoms with Crippen LogP contribution >= 0.6 is 0 Å². The number of rotatable bonds is 6. The van der Waals surface area contributed by atoms with Crippen molar-refractivity contribution < 1.29 is 0 Å². The van der Waals surface area contributed by atoms with Gasteiger partial charge in [0.15, 0.2) is 0 Å². The molecular formula is C60H48. The van der Waals surface area contributed by atoms with Gasteiger partial charge in [-0.15, -0.1) is 0 Å². The van der Waals surface area contributed by atoms with Crippen molar-refractivity contribution in [1.82, 2.24) is 0 Å². The zero-order chi connectivity index (χ0) is 39.4. The summed E-state index contributed by atoms with van der Waals surface area (Å²) in [7, 11) is 0. The predicted octanol–water partition coefficient (Wildman–Crippen LogP) is 15.1. The first-order valence-electron chi connectivity index (χ1n) is 22.5. The second kappa shape index (κ2) is 13.4. The highest BCUT2D eigenvalue weighted by molar-refractivity contribution is 5.89. The van der Waals surface area contributed by atoms with Gasteiger partial charge >= 0.3 is 0 Å². The summed E-state index contributed by atoms with van der Waals surface area (Å²) in [6, 6.07) is 74.1. The van der Waals surface area contributed by atoms with Crippen molar-refractivity contribution in [3.05, 3.63) is 239 Å². The fourth-order valence-electron chi connectivity index (χ4n) is 13.9. The molecule has 0 amide bonds. The van der Waals surface area contributed by atoms with Gasteiger partial charge in [-0.1, -0.05) is 188 Å². The molecule has 14 rings (SSSR count). The second-order valence-electron chi connectivity index (χ2n) is 18.7. The third kappa shape index (κ3) is 4.97. The molecule has 0 heterocycles. The molecule has 8 aromatic carbocycles. The lowest BCUT2D eigenvalue weighted by Gasteiger charge is -2.61. The highest BCUT2D eigenvalue weighted by Crippen LogP contribution is 2.69. The van der Waals surface area contributed by atoms with E-state index in [-0.39, 0.29) is 17.3 Å². The van der Waals surface area contributed by atoms with Gasteiger partial charge in [0.1, 0.15) is 0 Å². The van der Waals surface area contributed by atoms with Crippen LogP contribution in [0.4, 0.5) is 0 Å². The minimum absolute atomic E-state index is 0.0866. The maximum atomic E-state index is 2.65. The van der Waals surface area contributed by atoms with Crippen LogP contribution in [0.3, 0.4) is 0 Å². The standard InChI is InChI=1S/C60H48/c1-3-14-41(15-4-1)57(53-23-13-24-54-58(42-16-5-2-6-17-42)51-21-9-10-22-52(51)59(53)54)43-28-26-40(27-29-43)47-18-7-8-19-48(47)44-30-31-50-49-20-11-12-25-55(49)60(56(50)37-44)45-33-38-32-39(35-45)36-46(60)34-38/h1-31,37-39,45-46,57-58H,32-36H2. The van der Waals surface area contributed by atoms with Gasteiger partial charge in [0.25, 0.3) is 0 Å². The van der Waals surface area contributed by atoms with Gasteiger partial charge in [-0.25, -0.2) is 0 Å². The smallest absolute Gasteiger partial charge is 0.0352 e. The lowest BCUT2D eigenvalue weighted by molar-refractivity contribution is -0.0399. The topological polar surface area (TPSA) is 0 Å². The molecule has 4 fully saturated rings. The molecule has 0 N–H and O–H groups in total. The van der Waals surface area contributed by atoms with Crippen molar-refractivity contribution in [1.29, 1.82) is 0 Å². The molecule has 288 valence electrons. The lowest BCUT2D eigenvalue weighted by atomic mass is 9.43. The van der Waals surface area contributed by atoms with Gasteiger partial charge in [-0.3, -0.25) is 0 Å². The summed E-state index contributed by atoms with van der Waals surface area (Å²) in [4.78, 5) is 0. The molecule has 0 radical (unpaired) electrons. The summed E-state index contributed by atoms with van der Waals surface area (Å²) in [6.45, 7) is 0. The molecule has 4 saturated carbocycles. The van der Waals surface area contributed by atoms with E-state index in [0.717, 1.165) is 23.7 Å². The normalized spacial score (nSPS) is 24.2. The molecule has 0 heteroatoms. The number of hydrogen-bond acceptors (Lipinski definition) is 0. The van der Waals surface area contributed by atoms with Crippen LogP contribution in [0.2, 0.25) is 0 Å². The molecule has 0 aliphatic heterocycles. The van der Waals surface area contributed by atoms with Crippen LogP contribution in [0.1, 0.15) is 88.4 Å². The number of benzene rings is 8. The van der Waals surface area contributed by atoms with E-state index in [1.54, 1.807) is 11.1 Å². The fraction of sp³-hybridized carbons (Fsp3) is 0.200. The zero-order valence-corrected chi connectivity index (χ0v) is 34.0. The van der Waals surface area contributed by atoms with Gasteiger partial charge < -0.3 is 0 Å². The van der Waals surface area contributed by atoms with Crippen molar-refractivity contribution in [2.24, 2.45) is 23.7 Å². The predicted molar refractivity (Wildman–Crippen MR) is 247 cm³/mol. The molecule has 2 atom stereocenters. The van der Waals surface area contributed by atoms with Crippen LogP contribution in [-0.4, -0.2) is 0 Å². The quantitative estimate of drug-likeness (QED) is 0.148. The number of fused-ring (bicyclic) bond motifs is 6. The van der Waals surface area contributed by atoms with E-state index in [1.165, 1.54) is 110 Å². The van der Waals surface area contributed by atoms with Crippen molar-refractivity contribution in [3.8, 4) is 44.5 Å². The van der Waals surface area contributed by atoms with Crippen molar-refractivity contribution >= 4 is 0 Å². The highest BCUT2D eigenvalue weighted by atomic mass is 14.6. The Morgan fingerprint density at radius 3 is 1.67 bits per heavy atom. The molecular weight excluding hydrogens is 721 g/mol. The number of hydrogen-bond donors (Lipinski definition) is 0. The minimum Gasteiger partial charge on any atom is -0.0622 e. The summed E-state index contributed by atoms with van der Waals surface area (Å²) in [5.74, 6) is 3.70. The molecule has 0 aromatic heterocycles. The van der Waals surface area contributed by atoms with E-state index in [0.29, 0.717) is 0 Å². The summed E-state index contributed by atoms with van der Waals surface area (Å²) in [5, 5.41) is 0. The highest BCUT2D eigenvalue weighted by Gasteiger charge is 2.61. The summed E-state index contributed by atoms with van der Waals surface area (Å²) in [5.41, 5.74) is 22.5. The Kier molecular flexibility index (Phi) is 7.72. The average Bonchev–Trinajstić information content (AvgIpc) is 3.80. The molecule has 6 aliphatic carbocycles. The van der Waals surface area contributed by atoms with Crippen LogP contribution in [0.25, 0.3) is 44.5 Å². The van der Waals surface area contributed by atoms with E-state index in [9.17, 15) is 0 Å². The molecule has 0 nitrogen and oxygen atoms in total. The zero-order valence-electron chi connectivity index (χ0n) is 34.0. The summed E-state index contributed by atoms with van der Waals surface area (Å²) < 4.78 is 0. The maximum Gasteiger partial charge on any atom is 0.0352 e. The first-order valence-corrected chi connectivity index (χ1v) is 22.5. The SMILES string of the molecule is c1ccc(C(c2ccc(-c3ccccc3-c3ccc4c(c3)C3(c5ccccc5-4)C4CC5CC(C4)CC3C5)cc2)c2cccc3c2-c2ccccc2C3c2ccccc2)cc1. The minimum atomic E-state index is 0.0866. The van der Waals surface area contributed by atoms with Crippen molar-refractivity contribution in [2.45, 2.75) is 49.4 Å². The Labute approximate surface area is 354 Å². The fourth-order valence-corrected chi connectivity index (χ4v) is 13.9. The first kappa shape index (κ1) is 34.6. The van der Waals surface area contributed by atoms with Gasteiger partial charge in [-0.05, 0) is 151 Å². The van der Waals surface area contributed by atoms with Crippen LogP contribution in [0.5, 0.6) is 0 Å². The second-order valence-corrected chi connectivity index (χ2v) is 18.7. The van der Waals surface area contributed by atoms with Crippen LogP contribution in [0.15, 0.2) is 194 Å². The van der Waals surface area contributed by atoms with E-state index < -0.39 is 0 Å².